The molecule has 22 unspecified atom stereocenters. The van der Waals surface area contributed by atoms with Crippen molar-refractivity contribution in [3.05, 3.63) is 0 Å². The summed E-state index contributed by atoms with van der Waals surface area (Å²) in [6.07, 6.45) is 145. The molecule has 0 nitrogen and oxygen atoms in total. The Morgan fingerprint density at radius 2 is 0.280 bits per heavy atom. The highest BCUT2D eigenvalue weighted by Crippen LogP contribution is 2.63. The molecule has 32 fully saturated rings. The maximum Gasteiger partial charge on any atom is -0.0298 e. The minimum Gasteiger partial charge on any atom is -0.0594 e. The van der Waals surface area contributed by atoms with Gasteiger partial charge in [0.15, 0.2) is 0 Å². The van der Waals surface area contributed by atoms with E-state index in [-0.39, 0.29) is 0 Å². The van der Waals surface area contributed by atoms with Gasteiger partial charge in [-0.3, -0.25) is 0 Å². The highest BCUT2D eigenvalue weighted by Gasteiger charge is 2.53. The average Bonchev–Trinajstić information content (AvgIpc) is 1.62. The van der Waals surface area contributed by atoms with Gasteiger partial charge in [0.1, 0.15) is 0 Å². The predicted molar refractivity (Wildman–Crippen MR) is 567 cm³/mol. The standard InChI is InChI=1S/C17H28.2C14H24.C12H20.C11H18.2C11H20.C9H16.C8H14.2C7H12.C6H10.C5H8/c1-2-6-14-12(4-1)8-10-17-15-7-3-5-13(15)9-11-16(14)17;1-3-7-13-11(5-1)9-10-12-6-2-4-8-14(12)13;1-2-6-12-10-14-8-4-3-7-13(14)9-11(12)5-1;1-3-9-4-2-6-11-8-7-10(5-1)12(9)11;1-3-8-4-2-6-10(8)11-7-9(11)5-1;1-11-8-4-2-6-10(11)7-3-5-9-11;1-2-6-10-8-4-5-9-11(10)7-3-1;1-2-5-9-7-3-6-8(9)4-1;1-3-7-5-2-6-8(7)4-1;1-2-6-4-5-7(6)3-1;1-2-4-7-5-6(7)3-1;1-2-5-4-6(5)3-1;1-2-5-3-4(1)5/h12-17H,1-11H2;2*11-14H,1-10H2;9-12H,1-8H2;8-11H,1-7H2;10H,2-9H2,1H3;10-11H,1-9H2;8-9H,1-7H2;7-8H,1-6H2;2*6-7H,1-5H2;5-6H,1-4H2;4-5H,1-3H2/t;;;;;;;8-,9+;;2*6-,7+;5-,6+;4-,5+. The average molecular weight is 1810 g/mol. The first-order chi connectivity index (χ1) is 65.3. The maximum absolute atomic E-state index is 2.54. The van der Waals surface area contributed by atoms with E-state index < -0.39 is 0 Å². The molecule has 32 aliphatic rings. The van der Waals surface area contributed by atoms with Gasteiger partial charge >= 0.3 is 0 Å². The molecule has 32 aliphatic carbocycles. The molecule has 0 heteroatoms. The molecule has 0 N–H and O–H groups in total. The molecule has 0 aromatic heterocycles. The quantitative estimate of drug-likeness (QED) is 0.227. The molecule has 32 atom stereocenters. The van der Waals surface area contributed by atoms with Crippen molar-refractivity contribution in [3.63, 3.8) is 0 Å². The van der Waals surface area contributed by atoms with Crippen LogP contribution in [0.3, 0.4) is 0 Å². The Kier molecular flexibility index (Phi) is 37.8. The molecule has 132 heavy (non-hydrogen) atoms. The van der Waals surface area contributed by atoms with Gasteiger partial charge < -0.3 is 0 Å². The van der Waals surface area contributed by atoms with E-state index in [9.17, 15) is 0 Å². The Morgan fingerprint density at radius 3 is 0.591 bits per heavy atom. The van der Waals surface area contributed by atoms with Crippen molar-refractivity contribution in [3.8, 4) is 0 Å². The molecule has 0 aromatic carbocycles. The Hall–Kier alpha value is 0. The van der Waals surface area contributed by atoms with E-state index in [0.29, 0.717) is 0 Å². The fraction of sp³-hybridized carbons (Fsp3) is 1.00. The van der Waals surface area contributed by atoms with Crippen LogP contribution in [0.5, 0.6) is 0 Å². The van der Waals surface area contributed by atoms with Crippen LogP contribution in [0.4, 0.5) is 0 Å². The molecule has 0 aromatic rings. The molecule has 32 rings (SSSR count). The zero-order valence-corrected chi connectivity index (χ0v) is 88.6. The third-order valence-electron chi connectivity index (χ3n) is 50.4. The summed E-state index contributed by atoms with van der Waals surface area (Å²) in [6, 6.07) is 0. The van der Waals surface area contributed by atoms with Crippen LogP contribution >= 0.6 is 0 Å². The Morgan fingerprint density at radius 1 is 0.106 bits per heavy atom. The van der Waals surface area contributed by atoms with Crippen LogP contribution in [-0.2, 0) is 0 Å². The van der Waals surface area contributed by atoms with E-state index in [4.69, 9.17) is 0 Å². The van der Waals surface area contributed by atoms with Crippen LogP contribution in [0.15, 0.2) is 0 Å². The third-order valence-corrected chi connectivity index (χ3v) is 50.4. The first kappa shape index (κ1) is 99.3. The molecule has 0 spiro atoms. The van der Waals surface area contributed by atoms with E-state index in [1.165, 1.54) is 295 Å². The Bertz CT molecular complexity index is 3050. The van der Waals surface area contributed by atoms with Crippen LogP contribution in [0.1, 0.15) is 604 Å². The molecule has 32 saturated carbocycles. The molecule has 0 amide bonds. The van der Waals surface area contributed by atoms with Gasteiger partial charge in [-0.2, -0.15) is 0 Å². The summed E-state index contributed by atoms with van der Waals surface area (Å²) in [5, 5.41) is 0. The predicted octanol–water partition coefficient (Wildman–Crippen LogP) is 41.3. The summed E-state index contributed by atoms with van der Waals surface area (Å²) in [4.78, 5) is 0. The van der Waals surface area contributed by atoms with Gasteiger partial charge in [-0.25, -0.2) is 0 Å². The van der Waals surface area contributed by atoms with Crippen molar-refractivity contribution >= 4 is 0 Å². The lowest BCUT2D eigenvalue weighted by molar-refractivity contribution is -0.0184. The van der Waals surface area contributed by atoms with Crippen LogP contribution in [0, 0.1) is 224 Å². The highest BCUT2D eigenvalue weighted by molar-refractivity contribution is 5.03. The molecule has 0 aliphatic heterocycles. The Labute approximate surface area is 822 Å². The molecule has 0 heterocycles. The van der Waals surface area contributed by atoms with E-state index >= 15 is 0 Å². The summed E-state index contributed by atoms with van der Waals surface area (Å²) < 4.78 is 0. The zero-order chi connectivity index (χ0) is 88.6. The van der Waals surface area contributed by atoms with Gasteiger partial charge in [0, 0.05) is 0 Å². The molecule has 0 radical (unpaired) electrons. The number of rotatable bonds is 0. The monoisotopic (exact) mass is 1810 g/mol. The zero-order valence-electron chi connectivity index (χ0n) is 88.6. The van der Waals surface area contributed by atoms with Crippen molar-refractivity contribution in [2.24, 2.45) is 224 Å². The summed E-state index contributed by atoms with van der Waals surface area (Å²) in [7, 11) is 0. The Balaban J connectivity index is 0.0000000900. The molecule has 0 saturated heterocycles. The van der Waals surface area contributed by atoms with Crippen molar-refractivity contribution < 1.29 is 0 Å². The van der Waals surface area contributed by atoms with Crippen LogP contribution in [-0.4, -0.2) is 0 Å². The van der Waals surface area contributed by atoms with Crippen LogP contribution in [0.2, 0.25) is 0 Å². The minimum atomic E-state index is 0.774. The van der Waals surface area contributed by atoms with Crippen molar-refractivity contribution in [2.75, 3.05) is 0 Å². The fourth-order valence-electron chi connectivity index (χ4n) is 42.2. The maximum atomic E-state index is 2.54. The lowest BCUT2D eigenvalue weighted by Crippen LogP contribution is -2.43. The topological polar surface area (TPSA) is 0 Å². The van der Waals surface area contributed by atoms with Gasteiger partial charge in [0.2, 0.25) is 0 Å². The van der Waals surface area contributed by atoms with Crippen molar-refractivity contribution in [1.82, 2.24) is 0 Å². The van der Waals surface area contributed by atoms with Gasteiger partial charge in [0.25, 0.3) is 0 Å². The second-order valence-electron chi connectivity index (χ2n) is 57.4. The summed E-state index contributed by atoms with van der Waals surface area (Å²) >= 11 is 0. The second-order valence-corrected chi connectivity index (χ2v) is 57.4. The lowest BCUT2D eigenvalue weighted by atomic mass is 9.54. The van der Waals surface area contributed by atoms with Gasteiger partial charge in [-0.15, -0.1) is 0 Å². The second kappa shape index (κ2) is 50.2. The number of fused-ring (bicyclic) bond motifs is 21. The number of hydrogen-bond donors (Lipinski definition) is 0. The summed E-state index contributed by atoms with van der Waals surface area (Å²) in [5.74, 6) is 43.6. The highest BCUT2D eigenvalue weighted by atomic mass is 14.6. The minimum absolute atomic E-state index is 0.774. The normalized spacial score (nSPS) is 48.7. The smallest absolute Gasteiger partial charge is 0.0298 e. The molecule has 754 valence electrons. The van der Waals surface area contributed by atoms with Gasteiger partial charge in [-0.1, -0.05) is 431 Å². The van der Waals surface area contributed by atoms with Crippen LogP contribution in [0.25, 0.3) is 0 Å². The van der Waals surface area contributed by atoms with E-state index in [1.807, 2.05) is 0 Å². The van der Waals surface area contributed by atoms with Crippen molar-refractivity contribution in [1.29, 1.82) is 0 Å². The van der Waals surface area contributed by atoms with E-state index in [1.54, 1.807) is 456 Å². The molecular weight excluding hydrogens is 1590 g/mol. The summed E-state index contributed by atoms with van der Waals surface area (Å²) in [5.41, 5.74) is 0.774. The summed E-state index contributed by atoms with van der Waals surface area (Å²) in [6.45, 7) is 2.54. The van der Waals surface area contributed by atoms with Gasteiger partial charge in [-0.05, 0) is 398 Å². The first-order valence-electron chi connectivity index (χ1n) is 65.3. The van der Waals surface area contributed by atoms with Gasteiger partial charge in [0.05, 0.1) is 0 Å². The fourth-order valence-corrected chi connectivity index (χ4v) is 42.2. The van der Waals surface area contributed by atoms with E-state index in [0.717, 1.165) is 70.5 Å². The third kappa shape index (κ3) is 26.8. The molecule has 0 bridgehead atoms. The lowest BCUT2D eigenvalue weighted by Gasteiger charge is -2.51. The van der Waals surface area contributed by atoms with Crippen molar-refractivity contribution in [2.45, 2.75) is 604 Å². The van der Waals surface area contributed by atoms with Crippen LogP contribution < -0.4 is 0 Å². The number of hydrogen-bond acceptors (Lipinski definition) is 0. The largest absolute Gasteiger partial charge is 0.0594 e. The SMILES string of the molecule is C1CC2CCCC2C1.C1CC2CCCC2C2CC2C1.C1CC2CCCC3CCC(C1)C23.C1CCC2C(C1)CCC1C3CCCC3CCC21.C1CCC2C(C1)CCC1CCCCC12.C1CCC2CC3CCCCC3CC2C1.C1CCC2CCCCC2CC1.C1CC[C@H]2CCC[C@H]2C1.C1CC[C@H]2C[C@H]2C1.C1C[C@@H]2CC[C@@H]2C1.C1C[C@@H]2C[C@@H]2C1.C1C[C@H]2C[C@@H]12.CC12CCCCC1CCCC2. The van der Waals surface area contributed by atoms with E-state index in [2.05, 4.69) is 6.92 Å². The molecular formula is C132H226. The first-order valence-corrected chi connectivity index (χ1v) is 65.3.